The number of halogens is 2. The first-order valence-corrected chi connectivity index (χ1v) is 10.2. The van der Waals surface area contributed by atoms with Gasteiger partial charge in [-0.25, -0.2) is 22.2 Å². The number of anilines is 1. The molecular formula is C18H18F2N4O3S. The van der Waals surface area contributed by atoms with Gasteiger partial charge in [-0.1, -0.05) is 30.3 Å². The smallest absolute Gasteiger partial charge is 0.282 e. The number of rotatable bonds is 7. The summed E-state index contributed by atoms with van der Waals surface area (Å²) < 4.78 is 51.1. The van der Waals surface area contributed by atoms with Crippen molar-refractivity contribution in [2.24, 2.45) is 0 Å². The maximum absolute atomic E-state index is 13.4. The number of aromatic nitrogens is 3. The lowest BCUT2D eigenvalue weighted by atomic mass is 10.2. The van der Waals surface area contributed by atoms with Crippen LogP contribution in [0, 0.1) is 0 Å². The molecule has 0 saturated heterocycles. The van der Waals surface area contributed by atoms with Crippen LogP contribution in [0.5, 0.6) is 0 Å². The minimum absolute atomic E-state index is 0.00124. The maximum atomic E-state index is 13.4. The van der Waals surface area contributed by atoms with Crippen molar-refractivity contribution >= 4 is 15.7 Å². The van der Waals surface area contributed by atoms with Gasteiger partial charge in [0, 0.05) is 24.6 Å². The van der Waals surface area contributed by atoms with Crippen LogP contribution in [0.4, 0.5) is 14.6 Å². The zero-order chi connectivity index (χ0) is 20.3. The number of aliphatic hydroxyl groups excluding tert-OH is 1. The fraction of sp³-hybridized carbons (Fsp3) is 0.222. The largest absolute Gasteiger partial charge is 0.391 e. The average molecular weight is 408 g/mol. The van der Waals surface area contributed by atoms with Gasteiger partial charge in [0.25, 0.3) is 6.43 Å². The predicted molar refractivity (Wildman–Crippen MR) is 99.1 cm³/mol. The molecule has 0 atom stereocenters. The number of nitrogens with one attached hydrogen (secondary N) is 1. The van der Waals surface area contributed by atoms with Crippen molar-refractivity contribution in [3.05, 3.63) is 65.5 Å². The van der Waals surface area contributed by atoms with Gasteiger partial charge in [-0.2, -0.15) is 9.78 Å². The van der Waals surface area contributed by atoms with Crippen LogP contribution in [0.15, 0.2) is 53.6 Å². The number of nitrogens with zero attached hydrogens (tertiary/aromatic N) is 3. The molecule has 148 valence electrons. The lowest BCUT2D eigenvalue weighted by molar-refractivity contribution is 0.141. The monoisotopic (exact) mass is 408 g/mol. The van der Waals surface area contributed by atoms with Crippen molar-refractivity contribution < 1.29 is 22.3 Å². The normalized spacial score (nSPS) is 11.8. The van der Waals surface area contributed by atoms with Crippen LogP contribution in [0.2, 0.25) is 0 Å². The summed E-state index contributed by atoms with van der Waals surface area (Å²) in [6.07, 6.45) is -0.715. The number of sulfone groups is 1. The van der Waals surface area contributed by atoms with E-state index in [9.17, 15) is 22.3 Å². The lowest BCUT2D eigenvalue weighted by Crippen LogP contribution is -2.09. The summed E-state index contributed by atoms with van der Waals surface area (Å²) in [5.41, 5.74) is 0.296. The molecule has 1 aromatic carbocycles. The van der Waals surface area contributed by atoms with Gasteiger partial charge < -0.3 is 10.4 Å². The van der Waals surface area contributed by atoms with Gasteiger partial charge in [0.2, 0.25) is 0 Å². The van der Waals surface area contributed by atoms with Gasteiger partial charge in [-0.15, -0.1) is 0 Å². The summed E-state index contributed by atoms with van der Waals surface area (Å²) in [4.78, 5) is 4.03. The van der Waals surface area contributed by atoms with Crippen LogP contribution in [0.25, 0.3) is 5.82 Å². The SMILES string of the molecule is CS(=O)(=O)c1ccc(-n2nc(C(F)F)c(CO)c2NCc2ccccc2)nc1. The number of pyridine rings is 1. The van der Waals surface area contributed by atoms with Crippen molar-refractivity contribution in [3.8, 4) is 5.82 Å². The van der Waals surface area contributed by atoms with E-state index in [0.29, 0.717) is 6.54 Å². The van der Waals surface area contributed by atoms with E-state index in [2.05, 4.69) is 15.4 Å². The molecule has 2 heterocycles. The van der Waals surface area contributed by atoms with E-state index in [1.165, 1.54) is 12.1 Å². The minimum Gasteiger partial charge on any atom is -0.391 e. The Morgan fingerprint density at radius 3 is 2.43 bits per heavy atom. The second-order valence-corrected chi connectivity index (χ2v) is 8.06. The van der Waals surface area contributed by atoms with E-state index in [1.807, 2.05) is 30.3 Å². The summed E-state index contributed by atoms with van der Waals surface area (Å²) >= 11 is 0. The van der Waals surface area contributed by atoms with E-state index < -0.39 is 28.6 Å². The third-order valence-corrected chi connectivity index (χ3v) is 5.15. The summed E-state index contributed by atoms with van der Waals surface area (Å²) in [6, 6.07) is 12.0. The number of alkyl halides is 2. The maximum Gasteiger partial charge on any atom is 0.282 e. The Morgan fingerprint density at radius 1 is 1.18 bits per heavy atom. The Labute approximate surface area is 160 Å². The topological polar surface area (TPSA) is 97.1 Å². The van der Waals surface area contributed by atoms with E-state index >= 15 is 0 Å². The molecule has 3 rings (SSSR count). The molecule has 2 aromatic heterocycles. The summed E-state index contributed by atoms with van der Waals surface area (Å²) in [7, 11) is -3.45. The second-order valence-electron chi connectivity index (χ2n) is 6.05. The zero-order valence-electron chi connectivity index (χ0n) is 14.9. The quantitative estimate of drug-likeness (QED) is 0.624. The first kappa shape index (κ1) is 19.9. The summed E-state index contributed by atoms with van der Waals surface area (Å²) in [6.45, 7) is -0.331. The molecule has 0 aliphatic carbocycles. The van der Waals surface area contributed by atoms with Crippen LogP contribution in [0.1, 0.15) is 23.2 Å². The first-order chi connectivity index (χ1) is 13.3. The average Bonchev–Trinajstić information content (AvgIpc) is 3.05. The molecule has 0 aliphatic rings. The Morgan fingerprint density at radius 2 is 1.89 bits per heavy atom. The van der Waals surface area contributed by atoms with E-state index in [1.54, 1.807) is 0 Å². The van der Waals surface area contributed by atoms with Crippen LogP contribution >= 0.6 is 0 Å². The van der Waals surface area contributed by atoms with Gasteiger partial charge in [0.15, 0.2) is 15.7 Å². The molecule has 10 heteroatoms. The van der Waals surface area contributed by atoms with E-state index in [-0.39, 0.29) is 22.1 Å². The number of aliphatic hydroxyl groups is 1. The zero-order valence-corrected chi connectivity index (χ0v) is 15.7. The van der Waals surface area contributed by atoms with Crippen molar-refractivity contribution in [1.82, 2.24) is 14.8 Å². The summed E-state index contributed by atoms with van der Waals surface area (Å²) in [5.74, 6) is 0.311. The highest BCUT2D eigenvalue weighted by Crippen LogP contribution is 2.30. The molecule has 7 nitrogen and oxygen atoms in total. The molecule has 0 aliphatic heterocycles. The Kier molecular flexibility index (Phi) is 5.71. The number of benzene rings is 1. The Bertz CT molecular complexity index is 1050. The molecule has 2 N–H and O–H groups in total. The van der Waals surface area contributed by atoms with Crippen molar-refractivity contribution in [2.45, 2.75) is 24.5 Å². The Balaban J connectivity index is 2.03. The van der Waals surface area contributed by atoms with Gasteiger partial charge >= 0.3 is 0 Å². The molecule has 0 amide bonds. The number of hydrogen-bond donors (Lipinski definition) is 2. The van der Waals surface area contributed by atoms with Crippen LogP contribution in [-0.2, 0) is 23.0 Å². The predicted octanol–water partition coefficient (Wildman–Crippen LogP) is 2.71. The van der Waals surface area contributed by atoms with Gasteiger partial charge in [0.1, 0.15) is 11.5 Å². The first-order valence-electron chi connectivity index (χ1n) is 8.26. The van der Waals surface area contributed by atoms with Gasteiger partial charge in [-0.05, 0) is 17.7 Å². The fourth-order valence-corrected chi connectivity index (χ4v) is 3.20. The molecule has 0 radical (unpaired) electrons. The third kappa shape index (κ3) is 4.18. The molecule has 28 heavy (non-hydrogen) atoms. The van der Waals surface area contributed by atoms with Crippen molar-refractivity contribution in [1.29, 1.82) is 0 Å². The standard InChI is InChI=1S/C18H18F2N4O3S/c1-28(26,27)13-7-8-15(21-10-13)24-18(14(11-25)16(23-24)17(19)20)22-9-12-5-3-2-4-6-12/h2-8,10,17,22,25H,9,11H2,1H3. The molecule has 0 saturated carbocycles. The van der Waals surface area contributed by atoms with Crippen molar-refractivity contribution in [2.75, 3.05) is 11.6 Å². The van der Waals surface area contributed by atoms with Crippen molar-refractivity contribution in [3.63, 3.8) is 0 Å². The molecule has 0 unspecified atom stereocenters. The highest BCUT2D eigenvalue weighted by molar-refractivity contribution is 7.90. The molecule has 0 spiro atoms. The number of hydrogen-bond acceptors (Lipinski definition) is 6. The second kappa shape index (κ2) is 8.03. The van der Waals surface area contributed by atoms with Gasteiger partial charge in [0.05, 0.1) is 11.5 Å². The third-order valence-electron chi connectivity index (χ3n) is 4.05. The lowest BCUT2D eigenvalue weighted by Gasteiger charge is -2.11. The highest BCUT2D eigenvalue weighted by Gasteiger charge is 2.25. The Hall–Kier alpha value is -2.85. The molecule has 0 fully saturated rings. The molecule has 0 bridgehead atoms. The molecule has 3 aromatic rings. The fourth-order valence-electron chi connectivity index (χ4n) is 2.64. The summed E-state index contributed by atoms with van der Waals surface area (Å²) in [5, 5.41) is 16.5. The van der Waals surface area contributed by atoms with Crippen LogP contribution in [0.3, 0.4) is 0 Å². The van der Waals surface area contributed by atoms with Crippen LogP contribution < -0.4 is 5.32 Å². The van der Waals surface area contributed by atoms with E-state index in [0.717, 1.165) is 22.7 Å². The highest BCUT2D eigenvalue weighted by atomic mass is 32.2. The van der Waals surface area contributed by atoms with E-state index in [4.69, 9.17) is 0 Å². The minimum atomic E-state index is -3.45. The van der Waals surface area contributed by atoms with Gasteiger partial charge in [-0.3, -0.25) is 0 Å². The van der Waals surface area contributed by atoms with Crippen LogP contribution in [-0.4, -0.2) is 34.5 Å². The molecular weight excluding hydrogens is 390 g/mol.